The van der Waals surface area contributed by atoms with Gasteiger partial charge in [-0.1, -0.05) is 25.0 Å². The minimum Gasteiger partial charge on any atom is -0.491 e. The highest BCUT2D eigenvalue weighted by atomic mass is 32.2. The third-order valence-corrected chi connectivity index (χ3v) is 5.90. The van der Waals surface area contributed by atoms with Crippen molar-refractivity contribution in [3.63, 3.8) is 0 Å². The lowest BCUT2D eigenvalue weighted by Gasteiger charge is -2.12. The number of hydrogen-bond donors (Lipinski definition) is 1. The SMILES string of the molecule is Nc1ccccc1OCCCS(=O)(=O)C1CCCC1. The van der Waals surface area contributed by atoms with Gasteiger partial charge in [0.25, 0.3) is 0 Å². The molecule has 0 atom stereocenters. The molecule has 0 aliphatic heterocycles. The molecule has 2 N–H and O–H groups in total. The zero-order chi connectivity index (χ0) is 13.7. The molecule has 1 fully saturated rings. The van der Waals surface area contributed by atoms with Gasteiger partial charge >= 0.3 is 0 Å². The first-order valence-corrected chi connectivity index (χ1v) is 8.50. The lowest BCUT2D eigenvalue weighted by Crippen LogP contribution is -2.22. The van der Waals surface area contributed by atoms with E-state index in [1.54, 1.807) is 12.1 Å². The maximum absolute atomic E-state index is 12.0. The van der Waals surface area contributed by atoms with E-state index in [1.807, 2.05) is 12.1 Å². The predicted molar refractivity (Wildman–Crippen MR) is 77.0 cm³/mol. The summed E-state index contributed by atoms with van der Waals surface area (Å²) in [5, 5.41) is -0.116. The molecular weight excluding hydrogens is 262 g/mol. The largest absolute Gasteiger partial charge is 0.491 e. The molecule has 0 saturated heterocycles. The number of benzene rings is 1. The smallest absolute Gasteiger partial charge is 0.153 e. The highest BCUT2D eigenvalue weighted by Crippen LogP contribution is 2.25. The first kappa shape index (κ1) is 14.2. The van der Waals surface area contributed by atoms with Crippen molar-refractivity contribution in [2.75, 3.05) is 18.1 Å². The molecule has 1 saturated carbocycles. The summed E-state index contributed by atoms with van der Waals surface area (Å²) in [5.41, 5.74) is 6.33. The third-order valence-electron chi connectivity index (χ3n) is 3.56. The molecule has 19 heavy (non-hydrogen) atoms. The number of nitrogens with two attached hydrogens (primary N) is 1. The second kappa shape index (κ2) is 6.28. The van der Waals surface area contributed by atoms with Gasteiger partial charge in [-0.05, 0) is 31.4 Å². The topological polar surface area (TPSA) is 69.4 Å². The Morgan fingerprint density at radius 3 is 2.58 bits per heavy atom. The second-order valence-corrected chi connectivity index (χ2v) is 7.41. The van der Waals surface area contributed by atoms with Crippen molar-refractivity contribution in [1.82, 2.24) is 0 Å². The summed E-state index contributed by atoms with van der Waals surface area (Å²) in [6, 6.07) is 7.25. The monoisotopic (exact) mass is 283 g/mol. The van der Waals surface area contributed by atoms with E-state index in [2.05, 4.69) is 0 Å². The first-order chi connectivity index (χ1) is 9.09. The van der Waals surface area contributed by atoms with Crippen LogP contribution in [0.25, 0.3) is 0 Å². The Labute approximate surface area is 114 Å². The zero-order valence-electron chi connectivity index (χ0n) is 11.0. The number of ether oxygens (including phenoxy) is 1. The zero-order valence-corrected chi connectivity index (χ0v) is 11.9. The van der Waals surface area contributed by atoms with Crippen LogP contribution >= 0.6 is 0 Å². The van der Waals surface area contributed by atoms with Crippen LogP contribution in [0.3, 0.4) is 0 Å². The van der Waals surface area contributed by atoms with Gasteiger partial charge in [0.15, 0.2) is 9.84 Å². The predicted octanol–water partition coefficient (Wildman–Crippen LogP) is 2.40. The number of sulfone groups is 1. The molecule has 1 aromatic rings. The first-order valence-electron chi connectivity index (χ1n) is 6.78. The van der Waals surface area contributed by atoms with Crippen LogP contribution < -0.4 is 10.5 Å². The summed E-state index contributed by atoms with van der Waals surface area (Å²) >= 11 is 0. The van der Waals surface area contributed by atoms with Crippen molar-refractivity contribution in [2.45, 2.75) is 37.4 Å². The Kier molecular flexibility index (Phi) is 4.69. The van der Waals surface area contributed by atoms with E-state index in [0.717, 1.165) is 25.7 Å². The molecule has 0 aromatic heterocycles. The minimum atomic E-state index is -2.94. The van der Waals surface area contributed by atoms with Crippen LogP contribution in [0.4, 0.5) is 5.69 Å². The summed E-state index contributed by atoms with van der Waals surface area (Å²) in [5.74, 6) is 0.838. The van der Waals surface area contributed by atoms with Crippen LogP contribution in [0, 0.1) is 0 Å². The summed E-state index contributed by atoms with van der Waals surface area (Å²) in [6.45, 7) is 0.389. The third kappa shape index (κ3) is 3.86. The van der Waals surface area contributed by atoms with E-state index in [9.17, 15) is 8.42 Å². The number of para-hydroxylation sites is 2. The van der Waals surface area contributed by atoms with Crippen molar-refractivity contribution in [1.29, 1.82) is 0 Å². The van der Waals surface area contributed by atoms with Gasteiger partial charge in [0, 0.05) is 0 Å². The second-order valence-electron chi connectivity index (χ2n) is 5.01. The van der Waals surface area contributed by atoms with E-state index < -0.39 is 9.84 Å². The molecular formula is C14H21NO3S. The molecule has 1 aliphatic carbocycles. The average Bonchev–Trinajstić information content (AvgIpc) is 2.91. The normalized spacial score (nSPS) is 16.6. The number of rotatable bonds is 6. The molecule has 5 heteroatoms. The Bertz CT molecular complexity index is 507. The van der Waals surface area contributed by atoms with E-state index >= 15 is 0 Å². The number of hydrogen-bond acceptors (Lipinski definition) is 4. The van der Waals surface area contributed by atoms with Gasteiger partial charge in [-0.2, -0.15) is 0 Å². The maximum Gasteiger partial charge on any atom is 0.153 e. The highest BCUT2D eigenvalue weighted by molar-refractivity contribution is 7.92. The molecule has 2 rings (SSSR count). The molecule has 0 spiro atoms. The van der Waals surface area contributed by atoms with Crippen molar-refractivity contribution >= 4 is 15.5 Å². The lowest BCUT2D eigenvalue weighted by molar-refractivity contribution is 0.319. The van der Waals surface area contributed by atoms with Crippen LogP contribution in [0.2, 0.25) is 0 Å². The van der Waals surface area contributed by atoms with E-state index in [4.69, 9.17) is 10.5 Å². The van der Waals surface area contributed by atoms with Crippen molar-refractivity contribution in [3.05, 3.63) is 24.3 Å². The Hall–Kier alpha value is -1.23. The van der Waals surface area contributed by atoms with E-state index in [-0.39, 0.29) is 11.0 Å². The standard InChI is InChI=1S/C14H21NO3S/c15-13-8-3-4-9-14(13)18-10-5-11-19(16,17)12-6-1-2-7-12/h3-4,8-9,12H,1-2,5-7,10-11,15H2. The van der Waals surface area contributed by atoms with E-state index in [0.29, 0.717) is 24.5 Å². The van der Waals surface area contributed by atoms with Gasteiger partial charge < -0.3 is 10.5 Å². The maximum atomic E-state index is 12.0. The molecule has 0 amide bonds. The molecule has 0 bridgehead atoms. The highest BCUT2D eigenvalue weighted by Gasteiger charge is 2.27. The average molecular weight is 283 g/mol. The molecule has 0 radical (unpaired) electrons. The van der Waals surface area contributed by atoms with Gasteiger partial charge in [-0.3, -0.25) is 0 Å². The van der Waals surface area contributed by atoms with Crippen LogP contribution in [0.1, 0.15) is 32.1 Å². The van der Waals surface area contributed by atoms with Gasteiger partial charge in [0.1, 0.15) is 5.75 Å². The molecule has 1 aliphatic rings. The van der Waals surface area contributed by atoms with Crippen molar-refractivity contribution in [2.24, 2.45) is 0 Å². The lowest BCUT2D eigenvalue weighted by atomic mass is 10.3. The van der Waals surface area contributed by atoms with Crippen molar-refractivity contribution < 1.29 is 13.2 Å². The van der Waals surface area contributed by atoms with Crippen LogP contribution in [-0.2, 0) is 9.84 Å². The molecule has 106 valence electrons. The Morgan fingerprint density at radius 1 is 1.21 bits per heavy atom. The van der Waals surface area contributed by atoms with Gasteiger partial charge in [0.2, 0.25) is 0 Å². The van der Waals surface area contributed by atoms with Gasteiger partial charge in [-0.15, -0.1) is 0 Å². The van der Waals surface area contributed by atoms with Gasteiger partial charge in [0.05, 0.1) is 23.3 Å². The van der Waals surface area contributed by atoms with Crippen LogP contribution in [0.5, 0.6) is 5.75 Å². The summed E-state index contributed by atoms with van der Waals surface area (Å²) in [7, 11) is -2.94. The molecule has 4 nitrogen and oxygen atoms in total. The fourth-order valence-corrected chi connectivity index (χ4v) is 4.37. The molecule has 0 unspecified atom stereocenters. The number of nitrogen functional groups attached to an aromatic ring is 1. The Morgan fingerprint density at radius 2 is 1.89 bits per heavy atom. The minimum absolute atomic E-state index is 0.116. The van der Waals surface area contributed by atoms with Crippen LogP contribution in [0.15, 0.2) is 24.3 Å². The summed E-state index contributed by atoms with van der Waals surface area (Å²) < 4.78 is 29.6. The molecule has 0 heterocycles. The van der Waals surface area contributed by atoms with Crippen molar-refractivity contribution in [3.8, 4) is 5.75 Å². The van der Waals surface area contributed by atoms with E-state index in [1.165, 1.54) is 0 Å². The quantitative estimate of drug-likeness (QED) is 0.643. The summed E-state index contributed by atoms with van der Waals surface area (Å²) in [6.07, 6.45) is 4.26. The Balaban J connectivity index is 1.76. The molecule has 1 aromatic carbocycles. The fraction of sp³-hybridized carbons (Fsp3) is 0.571. The van der Waals surface area contributed by atoms with Crippen LogP contribution in [-0.4, -0.2) is 26.0 Å². The fourth-order valence-electron chi connectivity index (χ4n) is 2.47. The summed E-state index contributed by atoms with van der Waals surface area (Å²) in [4.78, 5) is 0. The number of anilines is 1. The van der Waals surface area contributed by atoms with Gasteiger partial charge in [-0.25, -0.2) is 8.42 Å².